The molecule has 7 nitrogen and oxygen atoms in total. The highest BCUT2D eigenvalue weighted by atomic mass is 32.1. The molecular formula is C21H20N4O3S. The van der Waals surface area contributed by atoms with Crippen LogP contribution in [0.4, 0.5) is 5.69 Å². The maximum absolute atomic E-state index is 12.1. The predicted molar refractivity (Wildman–Crippen MR) is 110 cm³/mol. The van der Waals surface area contributed by atoms with Gasteiger partial charge in [0.25, 0.3) is 5.91 Å². The molecule has 0 atom stereocenters. The van der Waals surface area contributed by atoms with Crippen LogP contribution in [-0.4, -0.2) is 28.4 Å². The molecule has 2 amide bonds. The summed E-state index contributed by atoms with van der Waals surface area (Å²) in [6.45, 7) is 0.234. The number of carbonyl (C=O) groups excluding carboxylic acids is 2. The van der Waals surface area contributed by atoms with Crippen molar-refractivity contribution in [3.05, 3.63) is 59.2 Å². The fourth-order valence-electron chi connectivity index (χ4n) is 2.67. The van der Waals surface area contributed by atoms with Crippen LogP contribution in [0, 0.1) is 5.92 Å². The van der Waals surface area contributed by atoms with Crippen LogP contribution in [0.3, 0.4) is 0 Å². The summed E-state index contributed by atoms with van der Waals surface area (Å²) in [7, 11) is 0. The van der Waals surface area contributed by atoms with Crippen molar-refractivity contribution >= 4 is 28.8 Å². The van der Waals surface area contributed by atoms with Gasteiger partial charge in [0.15, 0.2) is 6.61 Å². The molecule has 0 radical (unpaired) electrons. The summed E-state index contributed by atoms with van der Waals surface area (Å²) >= 11 is 1.49. The molecule has 148 valence electrons. The predicted octanol–water partition coefficient (Wildman–Crippen LogP) is 3.25. The van der Waals surface area contributed by atoms with Gasteiger partial charge < -0.3 is 15.4 Å². The summed E-state index contributed by atoms with van der Waals surface area (Å²) in [4.78, 5) is 32.5. The van der Waals surface area contributed by atoms with Gasteiger partial charge in [0, 0.05) is 41.0 Å². The van der Waals surface area contributed by atoms with Gasteiger partial charge in [0.1, 0.15) is 10.8 Å². The molecular weight excluding hydrogens is 388 g/mol. The second-order valence-corrected chi connectivity index (χ2v) is 7.66. The van der Waals surface area contributed by atoms with Crippen LogP contribution in [-0.2, 0) is 16.1 Å². The minimum atomic E-state index is -0.238. The summed E-state index contributed by atoms with van der Waals surface area (Å²) in [5, 5.41) is 8.44. The lowest BCUT2D eigenvalue weighted by atomic mass is 10.2. The van der Waals surface area contributed by atoms with Gasteiger partial charge in [-0.25, -0.2) is 4.98 Å². The number of carbonyl (C=O) groups is 2. The second kappa shape index (κ2) is 8.83. The summed E-state index contributed by atoms with van der Waals surface area (Å²) in [5.74, 6) is 0.464. The van der Waals surface area contributed by atoms with E-state index in [0.29, 0.717) is 18.0 Å². The number of thiazole rings is 1. The van der Waals surface area contributed by atoms with E-state index in [-0.39, 0.29) is 24.3 Å². The maximum atomic E-state index is 12.1. The minimum Gasteiger partial charge on any atom is -0.484 e. The largest absolute Gasteiger partial charge is 0.484 e. The molecule has 8 heteroatoms. The monoisotopic (exact) mass is 408 g/mol. The fraction of sp³-hybridized carbons (Fsp3) is 0.238. The van der Waals surface area contributed by atoms with Gasteiger partial charge in [-0.1, -0.05) is 6.07 Å². The van der Waals surface area contributed by atoms with Crippen LogP contribution < -0.4 is 15.4 Å². The van der Waals surface area contributed by atoms with Crippen LogP contribution >= 0.6 is 11.3 Å². The third kappa shape index (κ3) is 5.39. The lowest BCUT2D eigenvalue weighted by Gasteiger charge is -2.09. The molecule has 1 saturated carbocycles. The molecule has 1 aliphatic carbocycles. The van der Waals surface area contributed by atoms with Crippen LogP contribution in [0.1, 0.15) is 17.8 Å². The second-order valence-electron chi connectivity index (χ2n) is 6.72. The molecule has 0 saturated heterocycles. The van der Waals surface area contributed by atoms with Gasteiger partial charge in [-0.2, -0.15) is 0 Å². The lowest BCUT2D eigenvalue weighted by molar-refractivity contribution is -0.123. The molecule has 2 N–H and O–H groups in total. The SMILES string of the molecule is O=C(COc1cccc(NC(=O)C2CC2)c1)NCc1nc(-c2ccncc2)cs1. The normalized spacial score (nSPS) is 13.0. The number of anilines is 1. The molecule has 1 aliphatic rings. The van der Waals surface area contributed by atoms with Crippen molar-refractivity contribution in [2.75, 3.05) is 11.9 Å². The number of benzene rings is 1. The van der Waals surface area contributed by atoms with Crippen molar-refractivity contribution in [2.24, 2.45) is 5.92 Å². The van der Waals surface area contributed by atoms with Gasteiger partial charge in [0.2, 0.25) is 5.91 Å². The molecule has 29 heavy (non-hydrogen) atoms. The Morgan fingerprint density at radius 2 is 2.00 bits per heavy atom. The van der Waals surface area contributed by atoms with Crippen molar-refractivity contribution in [1.82, 2.24) is 15.3 Å². The Kier molecular flexibility index (Phi) is 5.81. The highest BCUT2D eigenvalue weighted by Gasteiger charge is 2.29. The molecule has 1 aromatic carbocycles. The van der Waals surface area contributed by atoms with E-state index >= 15 is 0 Å². The Balaban J connectivity index is 1.24. The van der Waals surface area contributed by atoms with Crippen LogP contribution in [0.25, 0.3) is 11.3 Å². The first-order chi connectivity index (χ1) is 14.2. The number of nitrogens with one attached hydrogen (secondary N) is 2. The zero-order chi connectivity index (χ0) is 20.1. The summed E-state index contributed by atoms with van der Waals surface area (Å²) in [6, 6.07) is 10.8. The van der Waals surface area contributed by atoms with E-state index in [4.69, 9.17) is 4.74 Å². The van der Waals surface area contributed by atoms with E-state index in [0.717, 1.165) is 29.1 Å². The standard InChI is InChI=1S/C21H20N4O3S/c26-19(23-11-20-25-18(13-29-20)14-6-8-22-9-7-14)12-28-17-3-1-2-16(10-17)24-21(27)15-4-5-15/h1-3,6-10,13,15H,4-5,11-12H2,(H,23,26)(H,24,27). The van der Waals surface area contributed by atoms with E-state index in [1.807, 2.05) is 17.5 Å². The topological polar surface area (TPSA) is 93.2 Å². The quantitative estimate of drug-likeness (QED) is 0.597. The van der Waals surface area contributed by atoms with Crippen molar-refractivity contribution in [3.8, 4) is 17.0 Å². The Hall–Kier alpha value is -3.26. The maximum Gasteiger partial charge on any atom is 0.258 e. The van der Waals surface area contributed by atoms with Crippen molar-refractivity contribution in [1.29, 1.82) is 0 Å². The fourth-order valence-corrected chi connectivity index (χ4v) is 3.42. The van der Waals surface area contributed by atoms with Gasteiger partial charge in [-0.15, -0.1) is 11.3 Å². The van der Waals surface area contributed by atoms with E-state index in [1.165, 1.54) is 11.3 Å². The zero-order valence-electron chi connectivity index (χ0n) is 15.6. The van der Waals surface area contributed by atoms with E-state index < -0.39 is 0 Å². The Labute approximate surface area is 172 Å². The highest BCUT2D eigenvalue weighted by molar-refractivity contribution is 7.09. The van der Waals surface area contributed by atoms with Gasteiger partial charge in [0.05, 0.1) is 12.2 Å². The average molecular weight is 408 g/mol. The number of aromatic nitrogens is 2. The van der Waals surface area contributed by atoms with E-state index in [2.05, 4.69) is 20.6 Å². The molecule has 0 unspecified atom stereocenters. The Morgan fingerprint density at radius 3 is 2.79 bits per heavy atom. The Bertz CT molecular complexity index is 1000. The van der Waals surface area contributed by atoms with Crippen molar-refractivity contribution < 1.29 is 14.3 Å². The summed E-state index contributed by atoms with van der Waals surface area (Å²) < 4.78 is 5.54. The molecule has 2 heterocycles. The van der Waals surface area contributed by atoms with Crippen molar-refractivity contribution in [3.63, 3.8) is 0 Å². The highest BCUT2D eigenvalue weighted by Crippen LogP contribution is 2.30. The van der Waals surface area contributed by atoms with E-state index in [9.17, 15) is 9.59 Å². The number of hydrogen-bond acceptors (Lipinski definition) is 6. The minimum absolute atomic E-state index is 0.0366. The molecule has 0 spiro atoms. The van der Waals surface area contributed by atoms with Crippen LogP contribution in [0.15, 0.2) is 54.2 Å². The van der Waals surface area contributed by atoms with Crippen LogP contribution in [0.5, 0.6) is 5.75 Å². The first-order valence-corrected chi connectivity index (χ1v) is 10.2. The Morgan fingerprint density at radius 1 is 1.17 bits per heavy atom. The number of pyridine rings is 1. The molecule has 0 aliphatic heterocycles. The molecule has 2 aromatic heterocycles. The molecule has 3 aromatic rings. The van der Waals surface area contributed by atoms with Gasteiger partial charge in [-0.05, 0) is 37.1 Å². The lowest BCUT2D eigenvalue weighted by Crippen LogP contribution is -2.28. The van der Waals surface area contributed by atoms with Crippen molar-refractivity contribution in [2.45, 2.75) is 19.4 Å². The van der Waals surface area contributed by atoms with Crippen LogP contribution in [0.2, 0.25) is 0 Å². The van der Waals surface area contributed by atoms with Gasteiger partial charge in [-0.3, -0.25) is 14.6 Å². The number of ether oxygens (including phenoxy) is 1. The number of amides is 2. The molecule has 4 rings (SSSR count). The first kappa shape index (κ1) is 19.1. The molecule has 0 bridgehead atoms. The third-order valence-corrected chi connectivity index (χ3v) is 5.23. The molecule has 1 fully saturated rings. The summed E-state index contributed by atoms with van der Waals surface area (Å²) in [6.07, 6.45) is 5.34. The first-order valence-electron chi connectivity index (χ1n) is 9.32. The third-order valence-electron chi connectivity index (χ3n) is 4.38. The summed E-state index contributed by atoms with van der Waals surface area (Å²) in [5.41, 5.74) is 2.53. The average Bonchev–Trinajstić information content (AvgIpc) is 3.50. The number of hydrogen-bond donors (Lipinski definition) is 2. The zero-order valence-corrected chi connectivity index (χ0v) is 16.4. The smallest absolute Gasteiger partial charge is 0.258 e. The number of rotatable bonds is 8. The number of nitrogens with zero attached hydrogens (tertiary/aromatic N) is 2. The van der Waals surface area contributed by atoms with Gasteiger partial charge >= 0.3 is 0 Å². The van der Waals surface area contributed by atoms with E-state index in [1.54, 1.807) is 36.7 Å².